The molecule has 17 heavy (non-hydrogen) atoms. The van der Waals surface area contributed by atoms with Gasteiger partial charge < -0.3 is 0 Å². The Labute approximate surface area is 114 Å². The second-order valence-electron chi connectivity index (χ2n) is 3.68. The molecule has 0 unspecified atom stereocenters. The fraction of sp³-hybridized carbons (Fsp3) is 0.0909. The molecule has 0 fully saturated rings. The van der Waals surface area contributed by atoms with Gasteiger partial charge in [-0.3, -0.25) is 0 Å². The molecule has 0 saturated carbocycles. The lowest BCUT2D eigenvalue weighted by atomic mass is 10.1. The Bertz CT molecular complexity index is 684. The highest BCUT2D eigenvalue weighted by atomic mass is 79.9. The third-order valence-electron chi connectivity index (χ3n) is 2.64. The zero-order valence-electron chi connectivity index (χ0n) is 8.93. The maximum Gasteiger partial charge on any atom is 0.169 e. The quantitative estimate of drug-likeness (QED) is 0.671. The minimum Gasteiger partial charge on any atom is -0.230 e. The zero-order valence-corrected chi connectivity index (χ0v) is 12.1. The van der Waals surface area contributed by atoms with E-state index < -0.39 is 0 Å². The molecule has 4 nitrogen and oxygen atoms in total. The van der Waals surface area contributed by atoms with E-state index in [0.717, 1.165) is 25.8 Å². The van der Waals surface area contributed by atoms with Gasteiger partial charge in [0.15, 0.2) is 5.65 Å². The molecule has 0 spiro atoms. The number of aromatic nitrogens is 4. The Kier molecular flexibility index (Phi) is 2.56. The molecule has 0 N–H and O–H groups in total. The van der Waals surface area contributed by atoms with Crippen LogP contribution in [0.25, 0.3) is 16.8 Å². The third kappa shape index (κ3) is 1.55. The second kappa shape index (κ2) is 3.96. The summed E-state index contributed by atoms with van der Waals surface area (Å²) in [5, 5.41) is 8.06. The summed E-state index contributed by atoms with van der Waals surface area (Å²) in [6.45, 7) is 0. The van der Waals surface area contributed by atoms with E-state index >= 15 is 0 Å². The minimum atomic E-state index is 0.902. The summed E-state index contributed by atoms with van der Waals surface area (Å²) in [7, 11) is 1.87. The summed E-state index contributed by atoms with van der Waals surface area (Å²) >= 11 is 7.19. The predicted octanol–water partition coefficient (Wildman–Crippen LogP) is 3.26. The first kappa shape index (κ1) is 11.0. The normalized spacial score (nSPS) is 11.2. The van der Waals surface area contributed by atoms with Crippen LogP contribution in [0.15, 0.2) is 39.4 Å². The van der Waals surface area contributed by atoms with E-state index in [4.69, 9.17) is 0 Å². The van der Waals surface area contributed by atoms with Gasteiger partial charge in [-0.2, -0.15) is 4.52 Å². The highest BCUT2D eigenvalue weighted by Gasteiger charge is 2.19. The molecule has 0 amide bonds. The van der Waals surface area contributed by atoms with E-state index in [1.165, 1.54) is 0 Å². The van der Waals surface area contributed by atoms with Crippen LogP contribution in [0.5, 0.6) is 0 Å². The Morgan fingerprint density at radius 2 is 1.76 bits per heavy atom. The monoisotopic (exact) mass is 354 g/mol. The van der Waals surface area contributed by atoms with Crippen molar-refractivity contribution in [1.82, 2.24) is 19.6 Å². The molecule has 0 bridgehead atoms. The molecule has 0 atom stereocenters. The van der Waals surface area contributed by atoms with Crippen molar-refractivity contribution in [2.75, 3.05) is 0 Å². The third-order valence-corrected chi connectivity index (χ3v) is 4.12. The van der Waals surface area contributed by atoms with Crippen LogP contribution in [0.3, 0.4) is 0 Å². The molecular formula is C11H8Br2N4. The first-order chi connectivity index (χ1) is 8.20. The van der Waals surface area contributed by atoms with Gasteiger partial charge in [0.1, 0.15) is 4.60 Å². The summed E-state index contributed by atoms with van der Waals surface area (Å²) in [6, 6.07) is 10.2. The Morgan fingerprint density at radius 1 is 1.06 bits per heavy atom. The van der Waals surface area contributed by atoms with E-state index in [9.17, 15) is 0 Å². The standard InChI is InChI=1S/C11H8Br2N4/c1-16-11-9(12)8(7-5-3-2-4-6-7)10(13)17(11)15-14-16/h2-6H,1H3. The second-order valence-corrected chi connectivity index (χ2v) is 5.23. The average Bonchev–Trinajstić information content (AvgIpc) is 2.82. The van der Waals surface area contributed by atoms with Crippen molar-refractivity contribution in [2.24, 2.45) is 7.05 Å². The van der Waals surface area contributed by atoms with E-state index in [1.54, 1.807) is 9.20 Å². The van der Waals surface area contributed by atoms with Gasteiger partial charge in [-0.25, -0.2) is 4.68 Å². The first-order valence-corrected chi connectivity index (χ1v) is 6.59. The number of halogens is 2. The van der Waals surface area contributed by atoms with Crippen LogP contribution >= 0.6 is 31.9 Å². The van der Waals surface area contributed by atoms with Gasteiger partial charge in [-0.05, 0) is 47.9 Å². The number of benzene rings is 1. The van der Waals surface area contributed by atoms with Gasteiger partial charge in [-0.1, -0.05) is 30.3 Å². The fourth-order valence-electron chi connectivity index (χ4n) is 1.85. The van der Waals surface area contributed by atoms with Crippen molar-refractivity contribution >= 4 is 37.5 Å². The van der Waals surface area contributed by atoms with Crippen molar-refractivity contribution < 1.29 is 0 Å². The SMILES string of the molecule is Cn1nnn2c(Br)c(-c3ccccc3)c(Br)c12. The van der Waals surface area contributed by atoms with Crippen LogP contribution in [-0.4, -0.2) is 19.6 Å². The van der Waals surface area contributed by atoms with Crippen LogP contribution in [-0.2, 0) is 7.05 Å². The molecule has 0 aliphatic rings. The van der Waals surface area contributed by atoms with E-state index in [2.05, 4.69) is 54.4 Å². The number of hydrogen-bond acceptors (Lipinski definition) is 2. The minimum absolute atomic E-state index is 0.902. The maximum atomic E-state index is 4.08. The smallest absolute Gasteiger partial charge is 0.169 e. The van der Waals surface area contributed by atoms with E-state index in [0.29, 0.717) is 0 Å². The van der Waals surface area contributed by atoms with Crippen molar-refractivity contribution in [2.45, 2.75) is 0 Å². The van der Waals surface area contributed by atoms with Gasteiger partial charge in [0.2, 0.25) is 0 Å². The molecule has 3 rings (SSSR count). The summed E-state index contributed by atoms with van der Waals surface area (Å²) in [6.07, 6.45) is 0. The van der Waals surface area contributed by atoms with Gasteiger partial charge in [0.25, 0.3) is 0 Å². The summed E-state index contributed by atoms with van der Waals surface area (Å²) in [5.41, 5.74) is 3.15. The number of aryl methyl sites for hydroxylation is 1. The van der Waals surface area contributed by atoms with Crippen LogP contribution in [0.2, 0.25) is 0 Å². The molecule has 6 heteroatoms. The lowest BCUT2D eigenvalue weighted by Gasteiger charge is -2.00. The predicted molar refractivity (Wildman–Crippen MR) is 72.8 cm³/mol. The van der Waals surface area contributed by atoms with Gasteiger partial charge in [0, 0.05) is 12.6 Å². The Hall–Kier alpha value is -1.14. The highest BCUT2D eigenvalue weighted by Crippen LogP contribution is 2.39. The first-order valence-electron chi connectivity index (χ1n) is 5.01. The number of fused-ring (bicyclic) bond motifs is 1. The summed E-state index contributed by atoms with van der Waals surface area (Å²) < 4.78 is 5.40. The van der Waals surface area contributed by atoms with Crippen molar-refractivity contribution in [3.05, 3.63) is 39.4 Å². The molecule has 0 aliphatic carbocycles. The molecule has 0 saturated heterocycles. The molecule has 0 aliphatic heterocycles. The van der Waals surface area contributed by atoms with Crippen LogP contribution < -0.4 is 0 Å². The molecule has 86 valence electrons. The van der Waals surface area contributed by atoms with Crippen LogP contribution in [0.1, 0.15) is 0 Å². The Morgan fingerprint density at radius 3 is 2.41 bits per heavy atom. The Balaban J connectivity index is 2.38. The van der Waals surface area contributed by atoms with Gasteiger partial charge in [0.05, 0.1) is 4.47 Å². The zero-order chi connectivity index (χ0) is 12.0. The maximum absolute atomic E-state index is 4.08. The number of hydrogen-bond donors (Lipinski definition) is 0. The summed E-state index contributed by atoms with van der Waals surface area (Å²) in [4.78, 5) is 0. The van der Waals surface area contributed by atoms with Gasteiger partial charge in [-0.15, -0.1) is 0 Å². The van der Waals surface area contributed by atoms with Crippen molar-refractivity contribution in [1.29, 1.82) is 0 Å². The van der Waals surface area contributed by atoms with Crippen molar-refractivity contribution in [3.8, 4) is 11.1 Å². The average molecular weight is 356 g/mol. The van der Waals surface area contributed by atoms with Crippen LogP contribution in [0.4, 0.5) is 0 Å². The fourth-order valence-corrected chi connectivity index (χ4v) is 3.62. The number of tetrazole rings is 1. The topological polar surface area (TPSA) is 35.1 Å². The molecule has 2 heterocycles. The summed E-state index contributed by atoms with van der Waals surface area (Å²) in [5.74, 6) is 0. The van der Waals surface area contributed by atoms with E-state index in [-0.39, 0.29) is 0 Å². The highest BCUT2D eigenvalue weighted by molar-refractivity contribution is 9.11. The molecule has 3 aromatic rings. The molecule has 1 aromatic carbocycles. The van der Waals surface area contributed by atoms with Crippen molar-refractivity contribution in [3.63, 3.8) is 0 Å². The molecule has 2 aromatic heterocycles. The number of rotatable bonds is 1. The molecular weight excluding hydrogens is 348 g/mol. The van der Waals surface area contributed by atoms with Crippen LogP contribution in [0, 0.1) is 0 Å². The lowest BCUT2D eigenvalue weighted by molar-refractivity contribution is 0.709. The largest absolute Gasteiger partial charge is 0.230 e. The molecule has 0 radical (unpaired) electrons. The lowest BCUT2D eigenvalue weighted by Crippen LogP contribution is -1.90. The van der Waals surface area contributed by atoms with Gasteiger partial charge >= 0.3 is 0 Å². The number of nitrogens with zero attached hydrogens (tertiary/aromatic N) is 4. The van der Waals surface area contributed by atoms with E-state index in [1.807, 2.05) is 25.2 Å².